The van der Waals surface area contributed by atoms with E-state index in [-0.39, 0.29) is 17.8 Å². The quantitative estimate of drug-likeness (QED) is 0.419. The normalized spacial score (nSPS) is 11.1. The van der Waals surface area contributed by atoms with Crippen molar-refractivity contribution in [3.8, 4) is 6.07 Å². The van der Waals surface area contributed by atoms with Gasteiger partial charge in [0.2, 0.25) is 0 Å². The van der Waals surface area contributed by atoms with Gasteiger partial charge in [-0.3, -0.25) is 9.59 Å². The van der Waals surface area contributed by atoms with Crippen molar-refractivity contribution in [1.82, 2.24) is 4.57 Å². The first-order valence-corrected chi connectivity index (χ1v) is 8.36. The Labute approximate surface area is 160 Å². The Kier molecular flexibility index (Phi) is 5.51. The fraction of sp³-hybridized carbons (Fsp3) is 0.0952. The van der Waals surface area contributed by atoms with Crippen molar-refractivity contribution < 1.29 is 18.7 Å². The molecule has 0 aliphatic carbocycles. The molecule has 0 aliphatic rings. The predicted octanol–water partition coefficient (Wildman–Crippen LogP) is 3.50. The summed E-state index contributed by atoms with van der Waals surface area (Å²) in [4.78, 5) is 24.1. The van der Waals surface area contributed by atoms with Gasteiger partial charge in [0, 0.05) is 22.7 Å². The number of methoxy groups -OCH3 is 1. The van der Waals surface area contributed by atoms with Gasteiger partial charge >= 0.3 is 5.97 Å². The van der Waals surface area contributed by atoms with Crippen molar-refractivity contribution >= 4 is 34.5 Å². The first kappa shape index (κ1) is 18.9. The number of hydrogen-bond acceptors (Lipinski definition) is 4. The van der Waals surface area contributed by atoms with E-state index in [2.05, 4.69) is 5.32 Å². The van der Waals surface area contributed by atoms with Gasteiger partial charge in [-0.15, -0.1) is 0 Å². The number of nitrogens with zero attached hydrogens (tertiary/aromatic N) is 2. The van der Waals surface area contributed by atoms with Crippen LogP contribution in [-0.2, 0) is 20.9 Å². The first-order valence-electron chi connectivity index (χ1n) is 8.36. The minimum atomic E-state index is -0.725. The van der Waals surface area contributed by atoms with E-state index in [0.717, 1.165) is 10.9 Å². The van der Waals surface area contributed by atoms with Gasteiger partial charge in [0.15, 0.2) is 0 Å². The largest absolute Gasteiger partial charge is 0.468 e. The number of nitrogens with one attached hydrogen (secondary N) is 1. The summed E-state index contributed by atoms with van der Waals surface area (Å²) < 4.78 is 20.1. The molecule has 3 rings (SSSR count). The molecule has 0 fully saturated rings. The van der Waals surface area contributed by atoms with Crippen molar-refractivity contribution in [3.05, 3.63) is 71.7 Å². The summed E-state index contributed by atoms with van der Waals surface area (Å²) in [5, 5.41) is 12.6. The molecule has 1 N–H and O–H groups in total. The average molecular weight is 377 g/mol. The van der Waals surface area contributed by atoms with Gasteiger partial charge in [0.05, 0.1) is 12.8 Å². The monoisotopic (exact) mass is 377 g/mol. The van der Waals surface area contributed by atoms with Gasteiger partial charge in [0.1, 0.15) is 24.0 Å². The second kappa shape index (κ2) is 8.18. The number of hydrogen-bond donors (Lipinski definition) is 1. The third-order valence-electron chi connectivity index (χ3n) is 4.13. The number of carbonyl (C=O) groups excluding carboxylic acids is 2. The van der Waals surface area contributed by atoms with Crippen LogP contribution in [0.2, 0.25) is 0 Å². The lowest BCUT2D eigenvalue weighted by molar-refractivity contribution is -0.141. The van der Waals surface area contributed by atoms with Crippen LogP contribution in [0.25, 0.3) is 17.0 Å². The van der Waals surface area contributed by atoms with Gasteiger partial charge in [-0.2, -0.15) is 5.26 Å². The molecular weight excluding hydrogens is 361 g/mol. The first-order chi connectivity index (χ1) is 13.5. The molecule has 1 heterocycles. The Bertz CT molecular complexity index is 1130. The van der Waals surface area contributed by atoms with Crippen molar-refractivity contribution in [1.29, 1.82) is 5.26 Å². The maximum Gasteiger partial charge on any atom is 0.325 e. The lowest BCUT2D eigenvalue weighted by Crippen LogP contribution is -2.14. The average Bonchev–Trinajstić information content (AvgIpc) is 3.05. The molecule has 0 bridgehead atoms. The highest BCUT2D eigenvalue weighted by Crippen LogP contribution is 2.24. The van der Waals surface area contributed by atoms with Crippen molar-refractivity contribution in [2.24, 2.45) is 0 Å². The molecule has 0 spiro atoms. The molecule has 0 unspecified atom stereocenters. The Morgan fingerprint density at radius 3 is 2.64 bits per heavy atom. The van der Waals surface area contributed by atoms with Crippen molar-refractivity contribution in [2.75, 3.05) is 12.4 Å². The van der Waals surface area contributed by atoms with Gasteiger partial charge < -0.3 is 14.6 Å². The van der Waals surface area contributed by atoms with E-state index in [9.17, 15) is 19.2 Å². The summed E-state index contributed by atoms with van der Waals surface area (Å²) in [5.41, 5.74) is 1.14. The number of halogens is 1. The van der Waals surface area contributed by atoms with E-state index in [4.69, 9.17) is 4.74 Å². The number of fused-ring (bicyclic) bond motifs is 1. The van der Waals surface area contributed by atoms with Crippen LogP contribution in [0.3, 0.4) is 0 Å². The number of anilines is 1. The number of benzene rings is 2. The summed E-state index contributed by atoms with van der Waals surface area (Å²) in [5.74, 6) is -1.74. The van der Waals surface area contributed by atoms with Crippen LogP contribution in [0.4, 0.5) is 10.1 Å². The number of ether oxygens (including phenoxy) is 1. The number of esters is 1. The van der Waals surface area contributed by atoms with Gasteiger partial charge in [0.25, 0.3) is 5.91 Å². The molecule has 0 saturated carbocycles. The smallest absolute Gasteiger partial charge is 0.325 e. The van der Waals surface area contributed by atoms with E-state index in [0.29, 0.717) is 5.56 Å². The van der Waals surface area contributed by atoms with Crippen LogP contribution in [0.5, 0.6) is 0 Å². The van der Waals surface area contributed by atoms with Crippen molar-refractivity contribution in [2.45, 2.75) is 6.54 Å². The highest BCUT2D eigenvalue weighted by atomic mass is 19.1. The SMILES string of the molecule is COC(=O)Cn1cc(/C=C(/C#N)C(=O)Nc2ccccc2F)c2ccccc21. The van der Waals surface area contributed by atoms with Crippen LogP contribution in [0.15, 0.2) is 60.3 Å². The predicted molar refractivity (Wildman–Crippen MR) is 103 cm³/mol. The highest BCUT2D eigenvalue weighted by molar-refractivity contribution is 6.10. The maximum atomic E-state index is 13.7. The molecule has 1 amide bonds. The maximum absolute atomic E-state index is 13.7. The molecule has 0 saturated heterocycles. The minimum Gasteiger partial charge on any atom is -0.468 e. The zero-order valence-electron chi connectivity index (χ0n) is 15.0. The van der Waals surface area contributed by atoms with E-state index < -0.39 is 17.7 Å². The summed E-state index contributed by atoms with van der Waals surface area (Å²) >= 11 is 0. The number of nitriles is 1. The fourth-order valence-corrected chi connectivity index (χ4v) is 2.78. The van der Waals surface area contributed by atoms with Crippen molar-refractivity contribution in [3.63, 3.8) is 0 Å². The Balaban J connectivity index is 1.97. The van der Waals surface area contributed by atoms with Crippen LogP contribution in [-0.4, -0.2) is 23.6 Å². The number of amides is 1. The molecule has 140 valence electrons. The molecule has 0 radical (unpaired) electrons. The molecule has 1 aromatic heterocycles. The highest BCUT2D eigenvalue weighted by Gasteiger charge is 2.15. The topological polar surface area (TPSA) is 84.1 Å². The Morgan fingerprint density at radius 1 is 1.21 bits per heavy atom. The molecule has 0 aliphatic heterocycles. The van der Waals surface area contributed by atoms with E-state index in [1.165, 1.54) is 31.4 Å². The number of aromatic nitrogens is 1. The van der Waals surface area contributed by atoms with Gasteiger partial charge in [-0.1, -0.05) is 30.3 Å². The standard InChI is InChI=1S/C21H16FN3O3/c1-28-20(26)13-25-12-15(16-6-2-5-9-19(16)25)10-14(11-23)21(27)24-18-8-4-3-7-17(18)22/h2-10,12H,13H2,1H3,(H,24,27)/b14-10-. The van der Waals surface area contributed by atoms with Gasteiger partial charge in [-0.25, -0.2) is 4.39 Å². The van der Waals surface area contributed by atoms with Crippen LogP contribution in [0, 0.1) is 17.1 Å². The van der Waals surface area contributed by atoms with E-state index in [1.54, 1.807) is 16.8 Å². The second-order valence-corrected chi connectivity index (χ2v) is 5.91. The second-order valence-electron chi connectivity index (χ2n) is 5.91. The third kappa shape index (κ3) is 3.91. The molecule has 3 aromatic rings. The number of carbonyl (C=O) groups is 2. The van der Waals surface area contributed by atoms with E-state index in [1.807, 2.05) is 30.3 Å². The summed E-state index contributed by atoms with van der Waals surface area (Å²) in [7, 11) is 1.30. The summed E-state index contributed by atoms with van der Waals surface area (Å²) in [6, 6.07) is 14.8. The molecule has 2 aromatic carbocycles. The summed E-state index contributed by atoms with van der Waals surface area (Å²) in [6.45, 7) is -0.00579. The lowest BCUT2D eigenvalue weighted by Gasteiger charge is -2.05. The lowest BCUT2D eigenvalue weighted by atomic mass is 10.1. The number of rotatable bonds is 5. The number of para-hydroxylation sites is 2. The summed E-state index contributed by atoms with van der Waals surface area (Å²) in [6.07, 6.45) is 3.07. The Morgan fingerprint density at radius 2 is 1.93 bits per heavy atom. The van der Waals surface area contributed by atoms with Crippen LogP contribution >= 0.6 is 0 Å². The third-order valence-corrected chi connectivity index (χ3v) is 4.13. The molecule has 7 heteroatoms. The molecule has 6 nitrogen and oxygen atoms in total. The van der Waals surface area contributed by atoms with Crippen LogP contribution < -0.4 is 5.32 Å². The molecule has 0 atom stereocenters. The van der Waals surface area contributed by atoms with Crippen LogP contribution in [0.1, 0.15) is 5.56 Å². The fourth-order valence-electron chi connectivity index (χ4n) is 2.78. The minimum absolute atomic E-state index is 0.00579. The van der Waals surface area contributed by atoms with Gasteiger partial charge in [-0.05, 0) is 24.3 Å². The zero-order chi connectivity index (χ0) is 20.1. The van der Waals surface area contributed by atoms with E-state index >= 15 is 0 Å². The Hall–Kier alpha value is -3.92. The zero-order valence-corrected chi connectivity index (χ0v) is 15.0. The molecule has 28 heavy (non-hydrogen) atoms. The molecular formula is C21H16FN3O3.